The summed E-state index contributed by atoms with van der Waals surface area (Å²) in [4.78, 5) is 27.4. The van der Waals surface area contributed by atoms with Crippen LogP contribution in [0, 0.1) is 0 Å². The van der Waals surface area contributed by atoms with Crippen molar-refractivity contribution in [1.82, 2.24) is 14.7 Å². The molecule has 0 unspecified atom stereocenters. The number of amides is 2. The van der Waals surface area contributed by atoms with Crippen molar-refractivity contribution in [2.24, 2.45) is 5.73 Å². The predicted molar refractivity (Wildman–Crippen MR) is 130 cm³/mol. The molecule has 176 valence electrons. The van der Waals surface area contributed by atoms with Crippen LogP contribution in [0.5, 0.6) is 5.75 Å². The Morgan fingerprint density at radius 3 is 2.32 bits per heavy atom. The molecule has 1 aromatic heterocycles. The minimum absolute atomic E-state index is 0.0221. The zero-order valence-electron chi connectivity index (χ0n) is 19.3. The molecule has 2 aromatic carbocycles. The van der Waals surface area contributed by atoms with Gasteiger partial charge in [-0.05, 0) is 80.7 Å². The molecule has 1 aliphatic carbocycles. The molecule has 5 rings (SSSR count). The van der Waals surface area contributed by atoms with Crippen LogP contribution in [-0.2, 0) is 5.41 Å². The van der Waals surface area contributed by atoms with Crippen LogP contribution in [0.15, 0.2) is 54.6 Å². The normalized spacial score (nSPS) is 16.9. The average molecular weight is 460 g/mol. The first-order valence-corrected chi connectivity index (χ1v) is 11.7. The lowest BCUT2D eigenvalue weighted by Gasteiger charge is -2.23. The third kappa shape index (κ3) is 4.41. The predicted octanol–water partition coefficient (Wildman–Crippen LogP) is 3.36. The molecule has 8 heteroatoms. The maximum Gasteiger partial charge on any atom is 0.274 e. The number of carbonyl (C=O) groups excluding carboxylic acids is 2. The number of nitrogens with one attached hydrogen (secondary N) is 1. The number of likely N-dealkylation sites (tertiary alicyclic amines) is 1. The molecule has 1 saturated carbocycles. The van der Waals surface area contributed by atoms with E-state index in [2.05, 4.69) is 27.4 Å². The highest BCUT2D eigenvalue weighted by atomic mass is 16.5. The number of ether oxygens (including phenoxy) is 1. The highest BCUT2D eigenvalue weighted by molar-refractivity contribution is 6.05. The molecule has 2 aliphatic rings. The number of aromatic nitrogens is 2. The van der Waals surface area contributed by atoms with Crippen LogP contribution in [0.25, 0.3) is 5.69 Å². The monoisotopic (exact) mass is 459 g/mol. The van der Waals surface area contributed by atoms with E-state index in [1.165, 1.54) is 55.1 Å². The number of hydrogen-bond donors (Lipinski definition) is 2. The molecular formula is C26H29N5O3. The molecule has 0 spiro atoms. The van der Waals surface area contributed by atoms with Crippen molar-refractivity contribution >= 4 is 17.5 Å². The molecule has 34 heavy (non-hydrogen) atoms. The van der Waals surface area contributed by atoms with Gasteiger partial charge >= 0.3 is 0 Å². The zero-order chi connectivity index (χ0) is 23.7. The first kappa shape index (κ1) is 22.2. The van der Waals surface area contributed by atoms with Gasteiger partial charge in [0.15, 0.2) is 5.69 Å². The van der Waals surface area contributed by atoms with Crippen molar-refractivity contribution in [2.75, 3.05) is 32.1 Å². The minimum atomic E-state index is -0.696. The molecule has 3 aromatic rings. The summed E-state index contributed by atoms with van der Waals surface area (Å²) >= 11 is 0. The smallest absolute Gasteiger partial charge is 0.274 e. The molecule has 8 nitrogen and oxygen atoms in total. The molecule has 1 saturated heterocycles. The van der Waals surface area contributed by atoms with Crippen molar-refractivity contribution < 1.29 is 14.3 Å². The Morgan fingerprint density at radius 2 is 1.74 bits per heavy atom. The molecule has 2 amide bonds. The van der Waals surface area contributed by atoms with Gasteiger partial charge < -0.3 is 20.7 Å². The van der Waals surface area contributed by atoms with Crippen LogP contribution in [0.1, 0.15) is 52.2 Å². The van der Waals surface area contributed by atoms with Gasteiger partial charge in [0.2, 0.25) is 0 Å². The fourth-order valence-electron chi connectivity index (χ4n) is 4.74. The van der Waals surface area contributed by atoms with Crippen molar-refractivity contribution in [1.29, 1.82) is 0 Å². The van der Waals surface area contributed by atoms with Crippen molar-refractivity contribution in [3.8, 4) is 11.4 Å². The summed E-state index contributed by atoms with van der Waals surface area (Å²) in [5.41, 5.74) is 8.56. The number of benzene rings is 2. The van der Waals surface area contributed by atoms with E-state index in [0.717, 1.165) is 6.54 Å². The van der Waals surface area contributed by atoms with Gasteiger partial charge in [-0.3, -0.25) is 9.59 Å². The lowest BCUT2D eigenvalue weighted by atomic mass is 9.95. The number of methoxy groups -OCH3 is 1. The fourth-order valence-corrected chi connectivity index (χ4v) is 4.74. The Hall–Kier alpha value is -3.65. The van der Waals surface area contributed by atoms with Gasteiger partial charge in [-0.15, -0.1) is 0 Å². The van der Waals surface area contributed by atoms with Gasteiger partial charge in [0, 0.05) is 23.7 Å². The average Bonchev–Trinajstić information content (AvgIpc) is 3.23. The second kappa shape index (κ2) is 8.95. The second-order valence-corrected chi connectivity index (χ2v) is 9.18. The minimum Gasteiger partial charge on any atom is -0.497 e. The fraction of sp³-hybridized carbons (Fsp3) is 0.346. The molecule has 0 atom stereocenters. The van der Waals surface area contributed by atoms with Crippen LogP contribution in [0.3, 0.4) is 0 Å². The summed E-state index contributed by atoms with van der Waals surface area (Å²) < 4.78 is 6.61. The van der Waals surface area contributed by atoms with Gasteiger partial charge in [0.05, 0.1) is 12.8 Å². The van der Waals surface area contributed by atoms with E-state index in [0.29, 0.717) is 17.1 Å². The quantitative estimate of drug-likeness (QED) is 0.538. The summed E-state index contributed by atoms with van der Waals surface area (Å²) in [5, 5.41) is 7.17. The van der Waals surface area contributed by atoms with Gasteiger partial charge in [-0.1, -0.05) is 12.1 Å². The standard InChI is InChI=1S/C26H29N5O3/c1-34-21-10-8-20(9-11-21)31-23(16-22(29-31)24(27)32)25(33)28-19-6-4-18(5-7-19)26(12-13-26)17-30-14-2-3-15-30/h4-11,16H,2-3,12-15,17H2,1H3,(H2,27,32)(H,28,33). The largest absolute Gasteiger partial charge is 0.497 e. The van der Waals surface area contributed by atoms with E-state index in [1.54, 1.807) is 31.4 Å². The number of anilines is 1. The Morgan fingerprint density at radius 1 is 1.06 bits per heavy atom. The van der Waals surface area contributed by atoms with Crippen LogP contribution in [-0.4, -0.2) is 53.2 Å². The SMILES string of the molecule is COc1ccc(-n2nc(C(N)=O)cc2C(=O)Nc2ccc(C3(CN4CCCC4)CC3)cc2)cc1. The second-order valence-electron chi connectivity index (χ2n) is 9.18. The third-order valence-corrected chi connectivity index (χ3v) is 6.85. The van der Waals surface area contributed by atoms with E-state index >= 15 is 0 Å². The van der Waals surface area contributed by atoms with Gasteiger partial charge in [-0.2, -0.15) is 5.10 Å². The first-order valence-electron chi connectivity index (χ1n) is 11.7. The highest BCUT2D eigenvalue weighted by Gasteiger charge is 2.45. The van der Waals surface area contributed by atoms with Gasteiger partial charge in [0.1, 0.15) is 11.4 Å². The maximum atomic E-state index is 13.1. The number of primary amides is 1. The molecule has 0 bridgehead atoms. The summed E-state index contributed by atoms with van der Waals surface area (Å²) in [6.07, 6.45) is 5.02. The van der Waals surface area contributed by atoms with E-state index < -0.39 is 5.91 Å². The Balaban J connectivity index is 1.34. The van der Waals surface area contributed by atoms with E-state index in [1.807, 2.05) is 12.1 Å². The summed E-state index contributed by atoms with van der Waals surface area (Å²) in [5.74, 6) is -0.393. The topological polar surface area (TPSA) is 102 Å². The zero-order valence-corrected chi connectivity index (χ0v) is 19.3. The Bertz CT molecular complexity index is 1190. The lowest BCUT2D eigenvalue weighted by molar-refractivity contribution is 0.0993. The van der Waals surface area contributed by atoms with E-state index in [9.17, 15) is 9.59 Å². The Labute approximate surface area is 198 Å². The highest BCUT2D eigenvalue weighted by Crippen LogP contribution is 2.49. The van der Waals surface area contributed by atoms with Crippen molar-refractivity contribution in [3.63, 3.8) is 0 Å². The number of nitrogens with two attached hydrogens (primary N) is 1. The number of hydrogen-bond acceptors (Lipinski definition) is 5. The lowest BCUT2D eigenvalue weighted by Crippen LogP contribution is -2.30. The molecule has 0 radical (unpaired) electrons. The van der Waals surface area contributed by atoms with Gasteiger partial charge in [0.25, 0.3) is 11.8 Å². The van der Waals surface area contributed by atoms with Crippen molar-refractivity contribution in [2.45, 2.75) is 31.1 Å². The maximum absolute atomic E-state index is 13.1. The summed E-state index contributed by atoms with van der Waals surface area (Å²) in [6.45, 7) is 3.52. The van der Waals surface area contributed by atoms with Crippen molar-refractivity contribution in [3.05, 3.63) is 71.5 Å². The summed E-state index contributed by atoms with van der Waals surface area (Å²) in [6, 6.07) is 16.6. The van der Waals surface area contributed by atoms with Crippen LogP contribution in [0.2, 0.25) is 0 Å². The molecule has 2 fully saturated rings. The molecule has 2 heterocycles. The molecule has 3 N–H and O–H groups in total. The number of carbonyl (C=O) groups is 2. The van der Waals surface area contributed by atoms with Gasteiger partial charge in [-0.25, -0.2) is 4.68 Å². The van der Waals surface area contributed by atoms with E-state index in [-0.39, 0.29) is 22.7 Å². The van der Waals surface area contributed by atoms with E-state index in [4.69, 9.17) is 10.5 Å². The third-order valence-electron chi connectivity index (χ3n) is 6.85. The Kier molecular flexibility index (Phi) is 5.83. The number of rotatable bonds is 8. The van der Waals surface area contributed by atoms with Crippen LogP contribution in [0.4, 0.5) is 5.69 Å². The van der Waals surface area contributed by atoms with Crippen LogP contribution >= 0.6 is 0 Å². The molecular weight excluding hydrogens is 430 g/mol. The van der Waals surface area contributed by atoms with Crippen LogP contribution < -0.4 is 15.8 Å². The molecule has 1 aliphatic heterocycles. The number of nitrogens with zero attached hydrogens (tertiary/aromatic N) is 3. The first-order chi connectivity index (χ1) is 16.5. The summed E-state index contributed by atoms with van der Waals surface area (Å²) in [7, 11) is 1.58.